The van der Waals surface area contributed by atoms with Crippen LogP contribution in [0.5, 0.6) is 0 Å². The molecule has 0 spiro atoms. The van der Waals surface area contributed by atoms with Crippen LogP contribution in [0.1, 0.15) is 34.9 Å². The first kappa shape index (κ1) is 16.1. The van der Waals surface area contributed by atoms with Crippen molar-refractivity contribution in [1.29, 1.82) is 0 Å². The van der Waals surface area contributed by atoms with Gasteiger partial charge < -0.3 is 9.80 Å². The van der Waals surface area contributed by atoms with Crippen molar-refractivity contribution in [2.75, 3.05) is 19.6 Å². The van der Waals surface area contributed by atoms with E-state index in [0.29, 0.717) is 36.6 Å². The normalized spacial score (nSPS) is 17.9. The van der Waals surface area contributed by atoms with Gasteiger partial charge >= 0.3 is 0 Å². The average Bonchev–Trinajstić information content (AvgIpc) is 3.17. The third-order valence-corrected chi connectivity index (χ3v) is 4.95. The fourth-order valence-corrected chi connectivity index (χ4v) is 3.32. The van der Waals surface area contributed by atoms with E-state index in [0.717, 1.165) is 18.7 Å². The van der Waals surface area contributed by atoms with E-state index >= 15 is 0 Å². The number of rotatable bonds is 4. The van der Waals surface area contributed by atoms with Gasteiger partial charge in [-0.15, -0.1) is 5.10 Å². The molecule has 1 aromatic carbocycles. The maximum Gasteiger partial charge on any atom is 0.254 e. The molecule has 7 nitrogen and oxygen atoms in total. The standard InChI is InChI=1S/C17H18ClN5O2/c18-13-5-3-12(4-6-13)17(25)22-10-15(11-22)23-9-14(19-20-23)8-21-7-1-2-16(21)24/h3-6,9,15H,1-2,7-8,10-11H2. The molecule has 2 aliphatic heterocycles. The first-order valence-electron chi connectivity index (χ1n) is 8.33. The molecule has 2 amide bonds. The molecule has 0 unspecified atom stereocenters. The van der Waals surface area contributed by atoms with Gasteiger partial charge in [-0.25, -0.2) is 4.68 Å². The molecule has 1 aromatic heterocycles. The second-order valence-corrected chi connectivity index (χ2v) is 6.92. The molecule has 0 bridgehead atoms. The molecule has 4 rings (SSSR count). The number of halogens is 1. The van der Waals surface area contributed by atoms with E-state index in [9.17, 15) is 9.59 Å². The van der Waals surface area contributed by atoms with Crippen LogP contribution in [0, 0.1) is 0 Å². The van der Waals surface area contributed by atoms with Gasteiger partial charge in [0.05, 0.1) is 18.8 Å². The van der Waals surface area contributed by atoms with E-state index in [2.05, 4.69) is 10.3 Å². The monoisotopic (exact) mass is 359 g/mol. The topological polar surface area (TPSA) is 71.3 Å². The molecule has 0 aliphatic carbocycles. The lowest BCUT2D eigenvalue weighted by Gasteiger charge is -2.38. The fraction of sp³-hybridized carbons (Fsp3) is 0.412. The number of carbonyl (C=O) groups excluding carboxylic acids is 2. The van der Waals surface area contributed by atoms with Crippen molar-refractivity contribution in [2.45, 2.75) is 25.4 Å². The lowest BCUT2D eigenvalue weighted by molar-refractivity contribution is -0.128. The quantitative estimate of drug-likeness (QED) is 0.833. The first-order chi connectivity index (χ1) is 12.1. The summed E-state index contributed by atoms with van der Waals surface area (Å²) >= 11 is 5.85. The number of carbonyl (C=O) groups is 2. The van der Waals surface area contributed by atoms with Gasteiger partial charge in [0.25, 0.3) is 5.91 Å². The van der Waals surface area contributed by atoms with Gasteiger partial charge in [-0.1, -0.05) is 16.8 Å². The summed E-state index contributed by atoms with van der Waals surface area (Å²) in [6, 6.07) is 7.04. The van der Waals surface area contributed by atoms with Gasteiger partial charge in [0.2, 0.25) is 5.91 Å². The van der Waals surface area contributed by atoms with Crippen molar-refractivity contribution in [1.82, 2.24) is 24.8 Å². The van der Waals surface area contributed by atoms with Crippen LogP contribution >= 0.6 is 11.6 Å². The van der Waals surface area contributed by atoms with Crippen molar-refractivity contribution in [3.63, 3.8) is 0 Å². The Balaban J connectivity index is 1.34. The maximum absolute atomic E-state index is 12.4. The van der Waals surface area contributed by atoms with Crippen molar-refractivity contribution in [2.24, 2.45) is 0 Å². The fourth-order valence-electron chi connectivity index (χ4n) is 3.19. The Bertz CT molecular complexity index is 798. The van der Waals surface area contributed by atoms with Gasteiger partial charge in [0, 0.05) is 36.6 Å². The van der Waals surface area contributed by atoms with Crippen LogP contribution in [-0.4, -0.2) is 56.2 Å². The first-order valence-corrected chi connectivity index (χ1v) is 8.71. The Kier molecular flexibility index (Phi) is 4.17. The van der Waals surface area contributed by atoms with Crippen LogP contribution in [0.2, 0.25) is 5.02 Å². The predicted octanol–water partition coefficient (Wildman–Crippen LogP) is 1.75. The molecular formula is C17H18ClN5O2. The largest absolute Gasteiger partial charge is 0.337 e. The van der Waals surface area contributed by atoms with Crippen LogP contribution in [0.15, 0.2) is 30.5 Å². The Morgan fingerprint density at radius 1 is 1.24 bits per heavy atom. The van der Waals surface area contributed by atoms with E-state index < -0.39 is 0 Å². The minimum Gasteiger partial charge on any atom is -0.337 e. The number of hydrogen-bond acceptors (Lipinski definition) is 4. The summed E-state index contributed by atoms with van der Waals surface area (Å²) in [5.41, 5.74) is 1.42. The van der Waals surface area contributed by atoms with Gasteiger partial charge in [0.1, 0.15) is 5.69 Å². The summed E-state index contributed by atoms with van der Waals surface area (Å²) in [5, 5.41) is 8.93. The van der Waals surface area contributed by atoms with Crippen molar-refractivity contribution in [3.05, 3.63) is 46.7 Å². The molecule has 130 valence electrons. The van der Waals surface area contributed by atoms with Crippen molar-refractivity contribution < 1.29 is 9.59 Å². The smallest absolute Gasteiger partial charge is 0.254 e. The van der Waals surface area contributed by atoms with Crippen LogP contribution in [0.3, 0.4) is 0 Å². The summed E-state index contributed by atoms with van der Waals surface area (Å²) in [7, 11) is 0. The summed E-state index contributed by atoms with van der Waals surface area (Å²) in [4.78, 5) is 27.6. The Labute approximate surface area is 150 Å². The van der Waals surface area contributed by atoms with Crippen molar-refractivity contribution >= 4 is 23.4 Å². The Hall–Kier alpha value is -2.41. The molecule has 0 radical (unpaired) electrons. The molecule has 3 heterocycles. The minimum absolute atomic E-state index is 0.00378. The van der Waals surface area contributed by atoms with Gasteiger partial charge in [-0.2, -0.15) is 0 Å². The molecule has 25 heavy (non-hydrogen) atoms. The number of nitrogens with zero attached hydrogens (tertiary/aromatic N) is 5. The van der Waals surface area contributed by atoms with Crippen LogP contribution in [0.4, 0.5) is 0 Å². The Morgan fingerprint density at radius 2 is 2.00 bits per heavy atom. The highest BCUT2D eigenvalue weighted by molar-refractivity contribution is 6.30. The molecule has 2 fully saturated rings. The lowest BCUT2D eigenvalue weighted by atomic mass is 10.1. The number of amides is 2. The number of hydrogen-bond donors (Lipinski definition) is 0. The molecular weight excluding hydrogens is 342 g/mol. The van der Waals surface area contributed by atoms with Crippen LogP contribution in [0.25, 0.3) is 0 Å². The highest BCUT2D eigenvalue weighted by Crippen LogP contribution is 2.23. The van der Waals surface area contributed by atoms with Crippen molar-refractivity contribution in [3.8, 4) is 0 Å². The summed E-state index contributed by atoms with van der Waals surface area (Å²) in [6.07, 6.45) is 3.41. The SMILES string of the molecule is O=C1CCCN1Cc1cn(C2CN(C(=O)c3ccc(Cl)cc3)C2)nn1. The Morgan fingerprint density at radius 3 is 2.68 bits per heavy atom. The van der Waals surface area contributed by atoms with Crippen LogP contribution in [-0.2, 0) is 11.3 Å². The predicted molar refractivity (Wildman–Crippen MR) is 91.1 cm³/mol. The zero-order valence-electron chi connectivity index (χ0n) is 13.6. The molecule has 2 saturated heterocycles. The van der Waals surface area contributed by atoms with E-state index in [-0.39, 0.29) is 17.9 Å². The third kappa shape index (κ3) is 3.24. The molecule has 0 saturated carbocycles. The van der Waals surface area contributed by atoms with E-state index in [1.165, 1.54) is 0 Å². The molecule has 2 aromatic rings. The second-order valence-electron chi connectivity index (χ2n) is 6.48. The molecule has 2 aliphatic rings. The second kappa shape index (κ2) is 6.48. The van der Waals surface area contributed by atoms with Gasteiger partial charge in [0.15, 0.2) is 0 Å². The summed E-state index contributed by atoms with van der Waals surface area (Å²) in [6.45, 7) is 2.51. The summed E-state index contributed by atoms with van der Waals surface area (Å²) < 4.78 is 1.79. The van der Waals surface area contributed by atoms with E-state index in [4.69, 9.17) is 11.6 Å². The highest BCUT2D eigenvalue weighted by atomic mass is 35.5. The molecule has 0 N–H and O–H groups in total. The summed E-state index contributed by atoms with van der Waals surface area (Å²) in [5.74, 6) is 0.175. The minimum atomic E-state index is -0.00378. The molecule has 0 atom stereocenters. The zero-order valence-corrected chi connectivity index (χ0v) is 14.4. The zero-order chi connectivity index (χ0) is 17.4. The molecule has 8 heteroatoms. The van der Waals surface area contributed by atoms with Gasteiger partial charge in [-0.05, 0) is 30.7 Å². The third-order valence-electron chi connectivity index (χ3n) is 4.70. The highest BCUT2D eigenvalue weighted by Gasteiger charge is 2.33. The van der Waals surface area contributed by atoms with Gasteiger partial charge in [-0.3, -0.25) is 9.59 Å². The lowest BCUT2D eigenvalue weighted by Crippen LogP contribution is -2.50. The maximum atomic E-state index is 12.4. The number of likely N-dealkylation sites (tertiary alicyclic amines) is 2. The average molecular weight is 360 g/mol. The van der Waals surface area contributed by atoms with Crippen LogP contribution < -0.4 is 0 Å². The number of benzene rings is 1. The van der Waals surface area contributed by atoms with E-state index in [1.807, 2.05) is 11.1 Å². The number of aromatic nitrogens is 3. The van der Waals surface area contributed by atoms with E-state index in [1.54, 1.807) is 33.8 Å².